The van der Waals surface area contributed by atoms with Crippen LogP contribution in [-0.2, 0) is 0 Å². The molecule has 0 radical (unpaired) electrons. The second kappa shape index (κ2) is 4.95. The number of aliphatic hydroxyl groups excluding tert-OH is 1. The van der Waals surface area contributed by atoms with Gasteiger partial charge in [-0.15, -0.1) is 0 Å². The molecule has 18 heavy (non-hydrogen) atoms. The number of nitrogens with zero attached hydrogens (tertiary/aromatic N) is 3. The molecule has 1 unspecified atom stereocenters. The first kappa shape index (κ1) is 12.8. The summed E-state index contributed by atoms with van der Waals surface area (Å²) in [6.45, 7) is 6.16. The smallest absolute Gasteiger partial charge is 0.101 e. The molecule has 0 aromatic carbocycles. The third kappa shape index (κ3) is 2.06. The van der Waals surface area contributed by atoms with E-state index >= 15 is 0 Å². The summed E-state index contributed by atoms with van der Waals surface area (Å²) in [7, 11) is 0. The second-order valence-electron chi connectivity index (χ2n) is 5.35. The van der Waals surface area contributed by atoms with Crippen LogP contribution in [0.2, 0.25) is 0 Å². The summed E-state index contributed by atoms with van der Waals surface area (Å²) in [5.41, 5.74) is 1.49. The highest BCUT2D eigenvalue weighted by Crippen LogP contribution is 2.39. The number of anilines is 1. The minimum absolute atomic E-state index is 0.0530. The van der Waals surface area contributed by atoms with Crippen molar-refractivity contribution in [3.05, 3.63) is 24.0 Å². The zero-order valence-corrected chi connectivity index (χ0v) is 10.9. The van der Waals surface area contributed by atoms with Gasteiger partial charge in [0.25, 0.3) is 0 Å². The van der Waals surface area contributed by atoms with Gasteiger partial charge in [-0.2, -0.15) is 5.26 Å². The summed E-state index contributed by atoms with van der Waals surface area (Å²) in [6.07, 6.45) is 4.34. The molecule has 0 amide bonds. The molecule has 1 N–H and O–H groups in total. The standard InChI is InChI=1S/C14H19N3O/c1-11(2)14(10-18)4-6-17(9-14)13-8-16-5-3-12(13)7-15/h3,5,8,11,18H,4,6,9-10H2,1-2H3. The van der Waals surface area contributed by atoms with Crippen LogP contribution in [0.25, 0.3) is 0 Å². The lowest BCUT2D eigenvalue weighted by Gasteiger charge is -2.31. The Hall–Kier alpha value is -1.60. The minimum atomic E-state index is -0.0530. The third-order valence-electron chi connectivity index (χ3n) is 4.19. The quantitative estimate of drug-likeness (QED) is 0.882. The lowest BCUT2D eigenvalue weighted by atomic mass is 9.77. The van der Waals surface area contributed by atoms with Gasteiger partial charge in [0, 0.05) is 24.7 Å². The summed E-state index contributed by atoms with van der Waals surface area (Å²) < 4.78 is 0. The van der Waals surface area contributed by atoms with Gasteiger partial charge in [0.15, 0.2) is 0 Å². The Kier molecular flexibility index (Phi) is 3.53. The highest BCUT2D eigenvalue weighted by Gasteiger charge is 2.40. The van der Waals surface area contributed by atoms with Crippen LogP contribution in [0.1, 0.15) is 25.8 Å². The molecule has 1 saturated heterocycles. The van der Waals surface area contributed by atoms with Gasteiger partial charge in [-0.05, 0) is 18.4 Å². The molecule has 96 valence electrons. The van der Waals surface area contributed by atoms with Crippen molar-refractivity contribution in [2.45, 2.75) is 20.3 Å². The summed E-state index contributed by atoms with van der Waals surface area (Å²) in [5, 5.41) is 18.8. The molecule has 0 aliphatic carbocycles. The number of aliphatic hydroxyl groups is 1. The van der Waals surface area contributed by atoms with Crippen molar-refractivity contribution in [1.29, 1.82) is 5.26 Å². The molecule has 2 rings (SSSR count). The fourth-order valence-corrected chi connectivity index (χ4v) is 2.62. The Balaban J connectivity index is 2.26. The van der Waals surface area contributed by atoms with Crippen molar-refractivity contribution in [3.8, 4) is 6.07 Å². The van der Waals surface area contributed by atoms with E-state index in [9.17, 15) is 5.11 Å². The van der Waals surface area contributed by atoms with Crippen LogP contribution < -0.4 is 4.90 Å². The van der Waals surface area contributed by atoms with Gasteiger partial charge in [-0.25, -0.2) is 0 Å². The van der Waals surface area contributed by atoms with E-state index < -0.39 is 0 Å². The monoisotopic (exact) mass is 245 g/mol. The van der Waals surface area contributed by atoms with Crippen molar-refractivity contribution in [1.82, 2.24) is 4.98 Å². The molecule has 4 heteroatoms. The van der Waals surface area contributed by atoms with Gasteiger partial charge >= 0.3 is 0 Å². The molecule has 0 spiro atoms. The molecular weight excluding hydrogens is 226 g/mol. The number of rotatable bonds is 3. The molecular formula is C14H19N3O. The third-order valence-corrected chi connectivity index (χ3v) is 4.19. The second-order valence-corrected chi connectivity index (χ2v) is 5.35. The van der Waals surface area contributed by atoms with Gasteiger partial charge in [-0.3, -0.25) is 4.98 Å². The van der Waals surface area contributed by atoms with Crippen molar-refractivity contribution in [2.24, 2.45) is 11.3 Å². The van der Waals surface area contributed by atoms with Crippen molar-refractivity contribution >= 4 is 5.69 Å². The molecule has 1 atom stereocenters. The van der Waals surface area contributed by atoms with E-state index in [4.69, 9.17) is 5.26 Å². The van der Waals surface area contributed by atoms with E-state index in [2.05, 4.69) is 29.8 Å². The van der Waals surface area contributed by atoms with E-state index in [0.29, 0.717) is 11.5 Å². The number of aromatic nitrogens is 1. The molecule has 0 saturated carbocycles. The van der Waals surface area contributed by atoms with Crippen LogP contribution in [0.4, 0.5) is 5.69 Å². The average molecular weight is 245 g/mol. The van der Waals surface area contributed by atoms with Gasteiger partial charge in [-0.1, -0.05) is 13.8 Å². The Bertz CT molecular complexity index is 466. The Labute approximate surface area is 108 Å². The molecule has 2 heterocycles. The first-order valence-corrected chi connectivity index (χ1v) is 6.33. The van der Waals surface area contributed by atoms with E-state index in [1.165, 1.54) is 0 Å². The average Bonchev–Trinajstić information content (AvgIpc) is 2.84. The summed E-state index contributed by atoms with van der Waals surface area (Å²) in [6, 6.07) is 3.94. The molecule has 1 aromatic heterocycles. The molecule has 4 nitrogen and oxygen atoms in total. The van der Waals surface area contributed by atoms with Crippen molar-refractivity contribution < 1.29 is 5.11 Å². The van der Waals surface area contributed by atoms with Crippen molar-refractivity contribution in [3.63, 3.8) is 0 Å². The molecule has 1 fully saturated rings. The van der Waals surface area contributed by atoms with Crippen LogP contribution in [-0.4, -0.2) is 29.8 Å². The lowest BCUT2D eigenvalue weighted by Crippen LogP contribution is -2.35. The minimum Gasteiger partial charge on any atom is -0.396 e. The highest BCUT2D eigenvalue weighted by molar-refractivity contribution is 5.58. The fraction of sp³-hybridized carbons (Fsp3) is 0.571. The first-order valence-electron chi connectivity index (χ1n) is 6.33. The number of nitriles is 1. The van der Waals surface area contributed by atoms with Gasteiger partial charge in [0.1, 0.15) is 6.07 Å². The largest absolute Gasteiger partial charge is 0.396 e. The number of hydrogen-bond acceptors (Lipinski definition) is 4. The van der Waals surface area contributed by atoms with E-state index in [0.717, 1.165) is 25.2 Å². The maximum Gasteiger partial charge on any atom is 0.101 e. The summed E-state index contributed by atoms with van der Waals surface area (Å²) in [5.74, 6) is 0.426. The first-order chi connectivity index (χ1) is 8.63. The van der Waals surface area contributed by atoms with Crippen LogP contribution in [0.5, 0.6) is 0 Å². The van der Waals surface area contributed by atoms with Crippen LogP contribution in [0.3, 0.4) is 0 Å². The zero-order chi connectivity index (χ0) is 13.2. The topological polar surface area (TPSA) is 60.1 Å². The van der Waals surface area contributed by atoms with Gasteiger partial charge in [0.2, 0.25) is 0 Å². The number of hydrogen-bond donors (Lipinski definition) is 1. The summed E-state index contributed by atoms with van der Waals surface area (Å²) >= 11 is 0. The Morgan fingerprint density at radius 3 is 2.94 bits per heavy atom. The van der Waals surface area contributed by atoms with Crippen LogP contribution in [0, 0.1) is 22.7 Å². The van der Waals surface area contributed by atoms with Crippen LogP contribution >= 0.6 is 0 Å². The Morgan fingerprint density at radius 1 is 1.61 bits per heavy atom. The number of pyridine rings is 1. The van der Waals surface area contributed by atoms with Gasteiger partial charge in [0.05, 0.1) is 24.1 Å². The predicted octanol–water partition coefficient (Wildman–Crippen LogP) is 1.80. The van der Waals surface area contributed by atoms with E-state index in [-0.39, 0.29) is 12.0 Å². The van der Waals surface area contributed by atoms with E-state index in [1.54, 1.807) is 18.5 Å². The normalized spacial score (nSPS) is 23.4. The lowest BCUT2D eigenvalue weighted by molar-refractivity contribution is 0.0976. The molecule has 0 bridgehead atoms. The maximum atomic E-state index is 9.67. The highest BCUT2D eigenvalue weighted by atomic mass is 16.3. The molecule has 1 aliphatic rings. The maximum absolute atomic E-state index is 9.67. The van der Waals surface area contributed by atoms with Crippen molar-refractivity contribution in [2.75, 3.05) is 24.6 Å². The van der Waals surface area contributed by atoms with E-state index in [1.807, 2.05) is 0 Å². The SMILES string of the molecule is CC(C)C1(CO)CCN(c2cnccc2C#N)C1. The Morgan fingerprint density at radius 2 is 2.39 bits per heavy atom. The van der Waals surface area contributed by atoms with Gasteiger partial charge < -0.3 is 10.0 Å². The van der Waals surface area contributed by atoms with Crippen LogP contribution in [0.15, 0.2) is 18.5 Å². The zero-order valence-electron chi connectivity index (χ0n) is 10.9. The molecule has 1 aliphatic heterocycles. The fourth-order valence-electron chi connectivity index (χ4n) is 2.62. The summed E-state index contributed by atoms with van der Waals surface area (Å²) in [4.78, 5) is 6.27. The predicted molar refractivity (Wildman–Crippen MR) is 70.1 cm³/mol. The molecule has 1 aromatic rings.